The molecule has 2 aromatic heterocycles. The van der Waals surface area contributed by atoms with Crippen LogP contribution in [0.15, 0.2) is 83.9 Å². The van der Waals surface area contributed by atoms with Crippen molar-refractivity contribution in [1.29, 1.82) is 0 Å². The van der Waals surface area contributed by atoms with E-state index in [1.165, 1.54) is 6.20 Å². The van der Waals surface area contributed by atoms with Crippen molar-refractivity contribution in [2.24, 2.45) is 0 Å². The number of para-hydroxylation sites is 1. The maximum Gasteiger partial charge on any atom is 0.264 e. The van der Waals surface area contributed by atoms with Gasteiger partial charge in [0, 0.05) is 28.4 Å². The van der Waals surface area contributed by atoms with Gasteiger partial charge in [0.25, 0.3) is 10.0 Å². The van der Waals surface area contributed by atoms with Gasteiger partial charge in [0.05, 0.1) is 21.6 Å². The number of nitrogens with one attached hydrogen (secondary N) is 2. The van der Waals surface area contributed by atoms with Crippen LogP contribution in [0.4, 0.5) is 17.3 Å². The molecule has 2 N–H and O–H groups in total. The van der Waals surface area contributed by atoms with Gasteiger partial charge in [-0.1, -0.05) is 29.8 Å². The second-order valence-corrected chi connectivity index (χ2v) is 9.48. The molecule has 0 saturated heterocycles. The van der Waals surface area contributed by atoms with Gasteiger partial charge in [-0.05, 0) is 62.4 Å². The van der Waals surface area contributed by atoms with E-state index in [2.05, 4.69) is 26.1 Å². The molecule has 5 rings (SSSR count). The number of pyridine rings is 1. The number of hydrogen-bond donors (Lipinski definition) is 2. The molecule has 0 aliphatic heterocycles. The molecule has 0 amide bonds. The zero-order valence-corrected chi connectivity index (χ0v) is 18.9. The molecule has 0 unspecified atom stereocenters. The topological polar surface area (TPSA) is 96.9 Å². The number of anilines is 3. The monoisotopic (exact) mass is 455 g/mol. The Kier molecular flexibility index (Phi) is 5.14. The van der Waals surface area contributed by atoms with Gasteiger partial charge in [-0.3, -0.25) is 0 Å². The summed E-state index contributed by atoms with van der Waals surface area (Å²) < 4.78 is 27.9. The van der Waals surface area contributed by atoms with E-state index in [1.54, 1.807) is 37.3 Å². The number of rotatable bonds is 5. The molecule has 3 aromatic carbocycles. The van der Waals surface area contributed by atoms with Crippen molar-refractivity contribution in [2.45, 2.75) is 18.7 Å². The molecule has 0 aliphatic rings. The predicted molar refractivity (Wildman–Crippen MR) is 131 cm³/mol. The van der Waals surface area contributed by atoms with E-state index in [1.807, 2.05) is 43.3 Å². The van der Waals surface area contributed by atoms with Crippen molar-refractivity contribution >= 4 is 49.2 Å². The summed E-state index contributed by atoms with van der Waals surface area (Å²) in [6, 6.07) is 22.4. The van der Waals surface area contributed by atoms with Crippen LogP contribution in [0.3, 0.4) is 0 Å². The van der Waals surface area contributed by atoms with Crippen LogP contribution in [0, 0.1) is 13.8 Å². The summed E-state index contributed by atoms with van der Waals surface area (Å²) >= 11 is 0. The lowest BCUT2D eigenvalue weighted by Gasteiger charge is -2.14. The average Bonchev–Trinajstić information content (AvgIpc) is 2.79. The summed E-state index contributed by atoms with van der Waals surface area (Å²) in [7, 11) is -3.81. The Hall–Kier alpha value is -4.04. The zero-order valence-electron chi connectivity index (χ0n) is 18.1. The van der Waals surface area contributed by atoms with Crippen LogP contribution in [0.5, 0.6) is 0 Å². The summed E-state index contributed by atoms with van der Waals surface area (Å²) in [6.07, 6.45) is 1.51. The summed E-state index contributed by atoms with van der Waals surface area (Å²) in [5.41, 5.74) is 5.28. The van der Waals surface area contributed by atoms with Crippen molar-refractivity contribution < 1.29 is 8.42 Å². The number of nitrogens with zero attached hydrogens (tertiary/aromatic N) is 3. The Bertz CT molecular complexity index is 1600. The maximum atomic E-state index is 12.7. The molecule has 2 heterocycles. The Labute approximate surface area is 191 Å². The molecule has 0 spiro atoms. The normalized spacial score (nSPS) is 11.6. The van der Waals surface area contributed by atoms with E-state index in [-0.39, 0.29) is 10.8 Å². The molecule has 0 fully saturated rings. The van der Waals surface area contributed by atoms with Crippen molar-refractivity contribution in [2.75, 3.05) is 10.0 Å². The lowest BCUT2D eigenvalue weighted by atomic mass is 10.1. The SMILES string of the molecule is Cc1ccc2nc3ccccc3c(Nc3ccc(S(=O)(=O)Nc4nccc(C)n4)cc3)c2c1. The Balaban J connectivity index is 1.50. The van der Waals surface area contributed by atoms with E-state index in [9.17, 15) is 8.42 Å². The second kappa shape index (κ2) is 8.14. The van der Waals surface area contributed by atoms with Crippen LogP contribution >= 0.6 is 0 Å². The molecular weight excluding hydrogens is 434 g/mol. The van der Waals surface area contributed by atoms with Crippen LogP contribution in [0.1, 0.15) is 11.3 Å². The lowest BCUT2D eigenvalue weighted by molar-refractivity contribution is 0.601. The fourth-order valence-electron chi connectivity index (χ4n) is 3.68. The third-order valence-corrected chi connectivity index (χ3v) is 6.63. The molecule has 164 valence electrons. The third kappa shape index (κ3) is 4.20. The highest BCUT2D eigenvalue weighted by atomic mass is 32.2. The molecule has 0 atom stereocenters. The highest BCUT2D eigenvalue weighted by Gasteiger charge is 2.16. The molecule has 0 bridgehead atoms. The minimum Gasteiger partial charge on any atom is -0.354 e. The van der Waals surface area contributed by atoms with Crippen molar-refractivity contribution in [3.63, 3.8) is 0 Å². The van der Waals surface area contributed by atoms with Crippen LogP contribution in [-0.2, 0) is 10.0 Å². The van der Waals surface area contributed by atoms with Gasteiger partial charge in [0.15, 0.2) is 0 Å². The summed E-state index contributed by atoms with van der Waals surface area (Å²) in [6.45, 7) is 3.82. The number of fused-ring (bicyclic) bond motifs is 2. The Morgan fingerprint density at radius 3 is 2.33 bits per heavy atom. The molecule has 0 saturated carbocycles. The number of aryl methyl sites for hydroxylation is 2. The van der Waals surface area contributed by atoms with E-state index < -0.39 is 10.0 Å². The van der Waals surface area contributed by atoms with Crippen LogP contribution < -0.4 is 10.0 Å². The van der Waals surface area contributed by atoms with E-state index >= 15 is 0 Å². The highest BCUT2D eigenvalue weighted by Crippen LogP contribution is 2.33. The molecule has 5 aromatic rings. The average molecular weight is 456 g/mol. The molecule has 8 heteroatoms. The second-order valence-electron chi connectivity index (χ2n) is 7.80. The first-order valence-corrected chi connectivity index (χ1v) is 11.9. The Morgan fingerprint density at radius 1 is 0.788 bits per heavy atom. The summed E-state index contributed by atoms with van der Waals surface area (Å²) in [5.74, 6) is 0.0438. The van der Waals surface area contributed by atoms with Gasteiger partial charge in [-0.2, -0.15) is 0 Å². The van der Waals surface area contributed by atoms with Gasteiger partial charge >= 0.3 is 0 Å². The maximum absolute atomic E-state index is 12.7. The number of benzene rings is 3. The summed E-state index contributed by atoms with van der Waals surface area (Å²) in [4.78, 5) is 13.0. The first-order valence-electron chi connectivity index (χ1n) is 10.4. The first kappa shape index (κ1) is 20.8. The van der Waals surface area contributed by atoms with Gasteiger partial charge in [-0.25, -0.2) is 28.1 Å². The van der Waals surface area contributed by atoms with Gasteiger partial charge in [0.1, 0.15) is 0 Å². The lowest BCUT2D eigenvalue weighted by Crippen LogP contribution is -2.15. The molecular formula is C25H21N5O2S. The van der Waals surface area contributed by atoms with Crippen LogP contribution in [0.25, 0.3) is 21.8 Å². The van der Waals surface area contributed by atoms with E-state index in [0.29, 0.717) is 5.69 Å². The van der Waals surface area contributed by atoms with Crippen LogP contribution in [-0.4, -0.2) is 23.4 Å². The fourth-order valence-corrected chi connectivity index (χ4v) is 4.63. The van der Waals surface area contributed by atoms with Gasteiger partial charge in [-0.15, -0.1) is 0 Å². The zero-order chi connectivity index (χ0) is 23.0. The molecule has 7 nitrogen and oxygen atoms in total. The van der Waals surface area contributed by atoms with Gasteiger partial charge in [0.2, 0.25) is 5.95 Å². The van der Waals surface area contributed by atoms with Gasteiger partial charge < -0.3 is 5.32 Å². The van der Waals surface area contributed by atoms with Crippen molar-refractivity contribution in [3.05, 3.63) is 90.3 Å². The molecule has 0 aliphatic carbocycles. The molecule has 33 heavy (non-hydrogen) atoms. The predicted octanol–water partition coefficient (Wildman–Crippen LogP) is 5.34. The van der Waals surface area contributed by atoms with Crippen LogP contribution in [0.2, 0.25) is 0 Å². The first-order chi connectivity index (χ1) is 15.9. The van der Waals surface area contributed by atoms with E-state index in [4.69, 9.17) is 4.98 Å². The quantitative estimate of drug-likeness (QED) is 0.347. The minimum atomic E-state index is -3.81. The highest BCUT2D eigenvalue weighted by molar-refractivity contribution is 7.92. The van der Waals surface area contributed by atoms with Crippen molar-refractivity contribution in [3.8, 4) is 0 Å². The smallest absolute Gasteiger partial charge is 0.264 e. The fraction of sp³-hybridized carbons (Fsp3) is 0.0800. The third-order valence-electron chi connectivity index (χ3n) is 5.29. The van der Waals surface area contributed by atoms with E-state index in [0.717, 1.165) is 38.7 Å². The largest absolute Gasteiger partial charge is 0.354 e. The Morgan fingerprint density at radius 2 is 1.55 bits per heavy atom. The summed E-state index contributed by atoms with van der Waals surface area (Å²) in [5, 5.41) is 5.47. The standard InChI is InChI=1S/C25H21N5O2S/c1-16-7-12-23-21(15-16)24(20-5-3-4-6-22(20)29-23)28-18-8-10-19(11-9-18)33(31,32)30-25-26-14-13-17(2)27-25/h3-15H,1-2H3,(H,28,29)(H,26,27,30). The number of aromatic nitrogens is 3. The number of sulfonamides is 1. The molecule has 0 radical (unpaired) electrons. The minimum absolute atomic E-state index is 0.0438. The number of hydrogen-bond acceptors (Lipinski definition) is 6. The van der Waals surface area contributed by atoms with Crippen molar-refractivity contribution in [1.82, 2.24) is 15.0 Å².